The highest BCUT2D eigenvalue weighted by molar-refractivity contribution is 5.80. The highest BCUT2D eigenvalue weighted by Gasteiger charge is 2.25. The minimum absolute atomic E-state index is 0.0369. The van der Waals surface area contributed by atoms with E-state index in [2.05, 4.69) is 51.4 Å². The second-order valence-corrected chi connectivity index (χ2v) is 6.87. The van der Waals surface area contributed by atoms with E-state index < -0.39 is 0 Å². The maximum atomic E-state index is 6.04. The average Bonchev–Trinajstić information content (AvgIpc) is 2.76. The minimum atomic E-state index is 0.0369. The summed E-state index contributed by atoms with van der Waals surface area (Å²) in [5.74, 6) is 1.46. The molecule has 1 atom stereocenters. The smallest absolute Gasteiger partial charge is 0.218 e. The van der Waals surface area contributed by atoms with Gasteiger partial charge < -0.3 is 24.4 Å². The quantitative estimate of drug-likeness (QED) is 0.439. The number of pyridine rings is 1. The Morgan fingerprint density at radius 1 is 1.28 bits per heavy atom. The molecular formula is C22H30N4O3. The molecule has 2 aromatic rings. The molecule has 1 N–H and O–H groups in total. The van der Waals surface area contributed by atoms with Crippen LogP contribution in [-0.2, 0) is 16.0 Å². The van der Waals surface area contributed by atoms with Crippen LogP contribution < -0.4 is 10.1 Å². The van der Waals surface area contributed by atoms with Gasteiger partial charge in [-0.25, -0.2) is 4.98 Å². The zero-order chi connectivity index (χ0) is 20.5. The van der Waals surface area contributed by atoms with Crippen LogP contribution >= 0.6 is 0 Å². The standard InChI is InChI=1S/C22H30N4O3/c1-17-7-4-5-9-19(17)20-16-26(11-12-28-20)22(23-2)25-15-18-8-6-10-24-21(18)29-14-13-27-3/h4-10,20H,11-16H2,1-3H3,(H,23,25). The first-order valence-corrected chi connectivity index (χ1v) is 9.91. The van der Waals surface area contributed by atoms with Crippen LogP contribution in [0, 0.1) is 6.92 Å². The predicted molar refractivity (Wildman–Crippen MR) is 113 cm³/mol. The summed E-state index contributed by atoms with van der Waals surface area (Å²) in [6, 6.07) is 12.3. The van der Waals surface area contributed by atoms with Crippen LogP contribution in [0.25, 0.3) is 0 Å². The first kappa shape index (κ1) is 21.1. The van der Waals surface area contributed by atoms with Crippen molar-refractivity contribution < 1.29 is 14.2 Å². The van der Waals surface area contributed by atoms with Gasteiger partial charge in [-0.15, -0.1) is 0 Å². The molecule has 1 aliphatic heterocycles. The van der Waals surface area contributed by atoms with Crippen LogP contribution in [0.1, 0.15) is 22.8 Å². The molecule has 1 saturated heterocycles. The Hall–Kier alpha value is -2.64. The van der Waals surface area contributed by atoms with Gasteiger partial charge in [-0.3, -0.25) is 4.99 Å². The second-order valence-electron chi connectivity index (χ2n) is 6.87. The zero-order valence-corrected chi connectivity index (χ0v) is 17.4. The van der Waals surface area contributed by atoms with E-state index in [0.717, 1.165) is 24.6 Å². The van der Waals surface area contributed by atoms with Gasteiger partial charge in [0, 0.05) is 39.0 Å². The van der Waals surface area contributed by atoms with Crippen LogP contribution in [0.15, 0.2) is 47.6 Å². The summed E-state index contributed by atoms with van der Waals surface area (Å²) >= 11 is 0. The van der Waals surface area contributed by atoms with Gasteiger partial charge in [0.1, 0.15) is 12.7 Å². The SMILES string of the molecule is CN=C(NCc1cccnc1OCCOC)N1CCOC(c2ccccc2C)C1. The molecule has 1 aromatic carbocycles. The minimum Gasteiger partial charge on any atom is -0.475 e. The number of ether oxygens (including phenoxy) is 3. The number of hydrogen-bond acceptors (Lipinski definition) is 5. The summed E-state index contributed by atoms with van der Waals surface area (Å²) in [5.41, 5.74) is 3.46. The number of nitrogens with one attached hydrogen (secondary N) is 1. The van der Waals surface area contributed by atoms with Crippen molar-refractivity contribution in [1.29, 1.82) is 0 Å². The molecule has 3 rings (SSSR count). The lowest BCUT2D eigenvalue weighted by atomic mass is 10.0. The first-order valence-electron chi connectivity index (χ1n) is 9.91. The number of benzene rings is 1. The van der Waals surface area contributed by atoms with Crippen LogP contribution in [0.2, 0.25) is 0 Å². The second kappa shape index (κ2) is 10.8. The molecule has 7 nitrogen and oxygen atoms in total. The molecule has 0 bridgehead atoms. The van der Waals surface area contributed by atoms with Crippen molar-refractivity contribution in [2.75, 3.05) is 47.1 Å². The van der Waals surface area contributed by atoms with Crippen LogP contribution in [-0.4, -0.2) is 62.9 Å². The molecule has 0 saturated carbocycles. The van der Waals surface area contributed by atoms with E-state index in [4.69, 9.17) is 14.2 Å². The van der Waals surface area contributed by atoms with Gasteiger partial charge >= 0.3 is 0 Å². The molecule has 29 heavy (non-hydrogen) atoms. The maximum absolute atomic E-state index is 6.04. The fraction of sp³-hybridized carbons (Fsp3) is 0.455. The molecule has 0 spiro atoms. The van der Waals surface area contributed by atoms with E-state index in [9.17, 15) is 0 Å². The summed E-state index contributed by atoms with van der Waals surface area (Å²) in [6.07, 6.45) is 1.77. The lowest BCUT2D eigenvalue weighted by molar-refractivity contribution is -0.00834. The number of methoxy groups -OCH3 is 1. The maximum Gasteiger partial charge on any atom is 0.218 e. The molecule has 1 unspecified atom stereocenters. The van der Waals surface area contributed by atoms with Crippen molar-refractivity contribution in [3.63, 3.8) is 0 Å². The van der Waals surface area contributed by atoms with Crippen LogP contribution in [0.3, 0.4) is 0 Å². The predicted octanol–water partition coefficient (Wildman–Crippen LogP) is 2.56. The van der Waals surface area contributed by atoms with E-state index in [1.54, 1.807) is 20.4 Å². The molecule has 0 radical (unpaired) electrons. The molecule has 2 heterocycles. The Balaban J connectivity index is 1.63. The summed E-state index contributed by atoms with van der Waals surface area (Å²) in [4.78, 5) is 11.1. The summed E-state index contributed by atoms with van der Waals surface area (Å²) in [6.45, 7) is 5.92. The Kier molecular flexibility index (Phi) is 7.84. The number of aliphatic imine (C=N–C) groups is 1. The van der Waals surface area contributed by atoms with Gasteiger partial charge in [0.05, 0.1) is 19.8 Å². The highest BCUT2D eigenvalue weighted by atomic mass is 16.5. The number of hydrogen-bond donors (Lipinski definition) is 1. The molecular weight excluding hydrogens is 368 g/mol. The number of morpholine rings is 1. The molecule has 0 amide bonds. The van der Waals surface area contributed by atoms with Crippen LogP contribution in [0.5, 0.6) is 5.88 Å². The number of aryl methyl sites for hydroxylation is 1. The Morgan fingerprint density at radius 2 is 2.14 bits per heavy atom. The van der Waals surface area contributed by atoms with Gasteiger partial charge in [-0.1, -0.05) is 30.3 Å². The van der Waals surface area contributed by atoms with Gasteiger partial charge in [-0.05, 0) is 24.1 Å². The number of aromatic nitrogens is 1. The van der Waals surface area contributed by atoms with Crippen molar-refractivity contribution in [2.24, 2.45) is 4.99 Å². The fourth-order valence-corrected chi connectivity index (χ4v) is 3.39. The summed E-state index contributed by atoms with van der Waals surface area (Å²) in [7, 11) is 3.46. The largest absolute Gasteiger partial charge is 0.475 e. The Bertz CT molecular complexity index is 812. The third kappa shape index (κ3) is 5.68. The van der Waals surface area contributed by atoms with Crippen molar-refractivity contribution >= 4 is 5.96 Å². The molecule has 156 valence electrons. The third-order valence-electron chi connectivity index (χ3n) is 4.93. The topological polar surface area (TPSA) is 68.2 Å². The zero-order valence-electron chi connectivity index (χ0n) is 17.4. The third-order valence-corrected chi connectivity index (χ3v) is 4.93. The van der Waals surface area contributed by atoms with Crippen molar-refractivity contribution in [3.8, 4) is 5.88 Å². The van der Waals surface area contributed by atoms with E-state index in [1.807, 2.05) is 12.1 Å². The van der Waals surface area contributed by atoms with E-state index in [0.29, 0.717) is 32.2 Å². The van der Waals surface area contributed by atoms with Crippen molar-refractivity contribution in [3.05, 3.63) is 59.3 Å². The van der Waals surface area contributed by atoms with Crippen LogP contribution in [0.4, 0.5) is 0 Å². The van der Waals surface area contributed by atoms with Gasteiger partial charge in [0.25, 0.3) is 0 Å². The van der Waals surface area contributed by atoms with Crippen molar-refractivity contribution in [2.45, 2.75) is 19.6 Å². The first-order chi connectivity index (χ1) is 14.2. The number of guanidine groups is 1. The number of nitrogens with zero attached hydrogens (tertiary/aromatic N) is 3. The summed E-state index contributed by atoms with van der Waals surface area (Å²) < 4.78 is 16.8. The average molecular weight is 399 g/mol. The molecule has 1 fully saturated rings. The molecule has 0 aliphatic carbocycles. The number of rotatable bonds is 7. The lowest BCUT2D eigenvalue weighted by Gasteiger charge is -2.35. The van der Waals surface area contributed by atoms with E-state index >= 15 is 0 Å². The normalized spacial score (nSPS) is 17.3. The van der Waals surface area contributed by atoms with Gasteiger partial charge in [0.15, 0.2) is 5.96 Å². The van der Waals surface area contributed by atoms with E-state index in [1.165, 1.54) is 11.1 Å². The van der Waals surface area contributed by atoms with E-state index in [-0.39, 0.29) is 6.10 Å². The van der Waals surface area contributed by atoms with Gasteiger partial charge in [-0.2, -0.15) is 0 Å². The summed E-state index contributed by atoms with van der Waals surface area (Å²) in [5, 5.41) is 3.44. The monoisotopic (exact) mass is 398 g/mol. The lowest BCUT2D eigenvalue weighted by Crippen LogP contribution is -2.48. The highest BCUT2D eigenvalue weighted by Crippen LogP contribution is 2.25. The molecule has 1 aliphatic rings. The Morgan fingerprint density at radius 3 is 2.93 bits per heavy atom. The van der Waals surface area contributed by atoms with Crippen molar-refractivity contribution in [1.82, 2.24) is 15.2 Å². The van der Waals surface area contributed by atoms with Gasteiger partial charge in [0.2, 0.25) is 5.88 Å². The molecule has 7 heteroatoms. The Labute approximate surface area is 172 Å². The fourth-order valence-electron chi connectivity index (χ4n) is 3.39. The molecule has 1 aromatic heterocycles.